The molecule has 0 heterocycles. The number of carbonyl (C=O) groups excluding carboxylic acids is 2. The van der Waals surface area contributed by atoms with Gasteiger partial charge in [-0.15, -0.1) is 0 Å². The molecule has 0 spiro atoms. The second-order valence-corrected chi connectivity index (χ2v) is 7.08. The first-order valence-electron chi connectivity index (χ1n) is 9.66. The summed E-state index contributed by atoms with van der Waals surface area (Å²) >= 11 is 0. The molecule has 0 bridgehead atoms. The van der Waals surface area contributed by atoms with Gasteiger partial charge in [0.1, 0.15) is 12.4 Å². The van der Waals surface area contributed by atoms with Crippen LogP contribution >= 0.6 is 0 Å². The lowest BCUT2D eigenvalue weighted by Crippen LogP contribution is -2.25. The highest BCUT2D eigenvalue weighted by Gasteiger charge is 2.23. The Morgan fingerprint density at radius 2 is 1.41 bits per heavy atom. The smallest absolute Gasteiger partial charge is 0.255 e. The number of hydrogen-bond acceptors (Lipinski definition) is 3. The maximum absolute atomic E-state index is 12.4. The van der Waals surface area contributed by atoms with E-state index in [1.807, 2.05) is 42.5 Å². The third-order valence-electron chi connectivity index (χ3n) is 4.68. The molecule has 3 aromatic rings. The summed E-state index contributed by atoms with van der Waals surface area (Å²) in [5.41, 5.74) is 2.84. The summed E-state index contributed by atoms with van der Waals surface area (Å²) in [6.45, 7) is 0.493. The summed E-state index contributed by atoms with van der Waals surface area (Å²) < 4.78 is 5.75. The Morgan fingerprint density at radius 3 is 2.03 bits per heavy atom. The molecule has 1 fully saturated rings. The van der Waals surface area contributed by atoms with Crippen molar-refractivity contribution in [3.63, 3.8) is 0 Å². The molecule has 0 aliphatic heterocycles. The lowest BCUT2D eigenvalue weighted by atomic mass is 10.1. The zero-order valence-corrected chi connectivity index (χ0v) is 15.9. The van der Waals surface area contributed by atoms with Crippen LogP contribution in [0.3, 0.4) is 0 Å². The van der Waals surface area contributed by atoms with Crippen molar-refractivity contribution in [2.75, 3.05) is 5.32 Å². The Bertz CT molecular complexity index is 979. The van der Waals surface area contributed by atoms with E-state index in [0.717, 1.165) is 24.2 Å². The van der Waals surface area contributed by atoms with Gasteiger partial charge in [-0.2, -0.15) is 0 Å². The predicted octanol–water partition coefficient (Wildman–Crippen LogP) is 4.41. The number of anilines is 1. The fourth-order valence-electron chi connectivity index (χ4n) is 2.85. The molecule has 5 nitrogen and oxygen atoms in total. The molecule has 0 saturated heterocycles. The SMILES string of the molecule is O=C(Nc1ccc(OCc2ccccc2)cc1)c1ccc(C(=O)NC2CC2)cc1. The van der Waals surface area contributed by atoms with Crippen LogP contribution in [0.25, 0.3) is 0 Å². The number of hydrogen-bond donors (Lipinski definition) is 2. The maximum Gasteiger partial charge on any atom is 0.255 e. The second kappa shape index (κ2) is 8.61. The van der Waals surface area contributed by atoms with Gasteiger partial charge in [0.05, 0.1) is 0 Å². The first-order valence-corrected chi connectivity index (χ1v) is 9.66. The molecule has 1 aliphatic carbocycles. The van der Waals surface area contributed by atoms with E-state index in [4.69, 9.17) is 4.74 Å². The summed E-state index contributed by atoms with van der Waals surface area (Å²) in [6, 6.07) is 24.2. The predicted molar refractivity (Wildman–Crippen MR) is 112 cm³/mol. The van der Waals surface area contributed by atoms with E-state index in [2.05, 4.69) is 10.6 Å². The molecule has 1 saturated carbocycles. The van der Waals surface area contributed by atoms with Crippen LogP contribution in [0, 0.1) is 0 Å². The Labute approximate surface area is 169 Å². The van der Waals surface area contributed by atoms with Crippen molar-refractivity contribution in [1.82, 2.24) is 5.32 Å². The van der Waals surface area contributed by atoms with E-state index >= 15 is 0 Å². The highest BCUT2D eigenvalue weighted by Crippen LogP contribution is 2.20. The van der Waals surface area contributed by atoms with Crippen molar-refractivity contribution < 1.29 is 14.3 Å². The number of benzene rings is 3. The van der Waals surface area contributed by atoms with Crippen molar-refractivity contribution in [3.05, 3.63) is 95.6 Å². The van der Waals surface area contributed by atoms with Gasteiger partial charge in [-0.1, -0.05) is 30.3 Å². The van der Waals surface area contributed by atoms with E-state index < -0.39 is 0 Å². The largest absolute Gasteiger partial charge is 0.489 e. The van der Waals surface area contributed by atoms with Crippen LogP contribution in [-0.4, -0.2) is 17.9 Å². The van der Waals surface area contributed by atoms with Crippen molar-refractivity contribution in [1.29, 1.82) is 0 Å². The monoisotopic (exact) mass is 386 g/mol. The van der Waals surface area contributed by atoms with Crippen LogP contribution in [0.4, 0.5) is 5.69 Å². The zero-order valence-electron chi connectivity index (χ0n) is 15.9. The van der Waals surface area contributed by atoms with Gasteiger partial charge in [0.15, 0.2) is 0 Å². The van der Waals surface area contributed by atoms with E-state index in [9.17, 15) is 9.59 Å². The van der Waals surface area contributed by atoms with E-state index in [1.165, 1.54) is 0 Å². The third kappa shape index (κ3) is 5.23. The average Bonchev–Trinajstić information content (AvgIpc) is 3.58. The summed E-state index contributed by atoms with van der Waals surface area (Å²) in [7, 11) is 0. The first-order chi connectivity index (χ1) is 14.2. The Balaban J connectivity index is 1.31. The zero-order chi connectivity index (χ0) is 20.1. The Hall–Kier alpha value is -3.60. The highest BCUT2D eigenvalue weighted by atomic mass is 16.5. The van der Waals surface area contributed by atoms with Gasteiger partial charge in [-0.05, 0) is 66.9 Å². The molecule has 4 rings (SSSR count). The second-order valence-electron chi connectivity index (χ2n) is 7.08. The molecule has 2 N–H and O–H groups in total. The van der Waals surface area contributed by atoms with Gasteiger partial charge in [0.25, 0.3) is 11.8 Å². The summed E-state index contributed by atoms with van der Waals surface area (Å²) in [6.07, 6.45) is 2.09. The van der Waals surface area contributed by atoms with Gasteiger partial charge in [0.2, 0.25) is 0 Å². The lowest BCUT2D eigenvalue weighted by molar-refractivity contribution is 0.0949. The van der Waals surface area contributed by atoms with E-state index in [-0.39, 0.29) is 11.8 Å². The Morgan fingerprint density at radius 1 is 0.793 bits per heavy atom. The minimum absolute atomic E-state index is 0.0921. The van der Waals surface area contributed by atoms with Gasteiger partial charge in [-0.3, -0.25) is 9.59 Å². The average molecular weight is 386 g/mol. The standard InChI is InChI=1S/C24H22N2O3/c27-23(25-20-10-11-20)18-6-8-19(9-7-18)24(28)26-21-12-14-22(15-13-21)29-16-17-4-2-1-3-5-17/h1-9,12-15,20H,10-11,16H2,(H,25,27)(H,26,28). The van der Waals surface area contributed by atoms with Crippen LogP contribution in [0.5, 0.6) is 5.75 Å². The van der Waals surface area contributed by atoms with Crippen LogP contribution in [0.2, 0.25) is 0 Å². The van der Waals surface area contributed by atoms with Gasteiger partial charge >= 0.3 is 0 Å². The molecule has 0 radical (unpaired) electrons. The minimum atomic E-state index is -0.225. The molecular formula is C24H22N2O3. The lowest BCUT2D eigenvalue weighted by Gasteiger charge is -2.09. The quantitative estimate of drug-likeness (QED) is 0.632. The maximum atomic E-state index is 12.4. The molecule has 0 aromatic heterocycles. The van der Waals surface area contributed by atoms with Gasteiger partial charge in [0, 0.05) is 22.9 Å². The first kappa shape index (κ1) is 18.7. The molecular weight excluding hydrogens is 364 g/mol. The molecule has 5 heteroatoms. The van der Waals surface area contributed by atoms with Crippen molar-refractivity contribution in [2.24, 2.45) is 0 Å². The fourth-order valence-corrected chi connectivity index (χ4v) is 2.85. The normalized spacial score (nSPS) is 12.8. The number of nitrogens with one attached hydrogen (secondary N) is 2. The molecule has 29 heavy (non-hydrogen) atoms. The molecule has 0 atom stereocenters. The Kier molecular flexibility index (Phi) is 5.56. The molecule has 1 aliphatic rings. The van der Waals surface area contributed by atoms with Crippen LogP contribution in [-0.2, 0) is 6.61 Å². The highest BCUT2D eigenvalue weighted by molar-refractivity contribution is 6.05. The summed E-state index contributed by atoms with van der Waals surface area (Å²) in [5, 5.41) is 5.79. The van der Waals surface area contributed by atoms with E-state index in [1.54, 1.807) is 36.4 Å². The number of ether oxygens (including phenoxy) is 1. The summed E-state index contributed by atoms with van der Waals surface area (Å²) in [4.78, 5) is 24.5. The fraction of sp³-hybridized carbons (Fsp3) is 0.167. The number of rotatable bonds is 7. The molecule has 2 amide bonds. The number of amides is 2. The molecule has 3 aromatic carbocycles. The van der Waals surface area contributed by atoms with Crippen LogP contribution < -0.4 is 15.4 Å². The van der Waals surface area contributed by atoms with Crippen molar-refractivity contribution in [3.8, 4) is 5.75 Å². The minimum Gasteiger partial charge on any atom is -0.489 e. The van der Waals surface area contributed by atoms with Gasteiger partial charge < -0.3 is 15.4 Å². The van der Waals surface area contributed by atoms with Crippen molar-refractivity contribution >= 4 is 17.5 Å². The topological polar surface area (TPSA) is 67.4 Å². The van der Waals surface area contributed by atoms with E-state index in [0.29, 0.717) is 29.5 Å². The van der Waals surface area contributed by atoms with Gasteiger partial charge in [-0.25, -0.2) is 0 Å². The van der Waals surface area contributed by atoms with Crippen molar-refractivity contribution in [2.45, 2.75) is 25.5 Å². The van der Waals surface area contributed by atoms with Crippen LogP contribution in [0.15, 0.2) is 78.9 Å². The molecule has 146 valence electrons. The molecule has 0 unspecified atom stereocenters. The number of carbonyl (C=O) groups is 2. The van der Waals surface area contributed by atoms with Crippen LogP contribution in [0.1, 0.15) is 39.1 Å². The summed E-state index contributed by atoms with van der Waals surface area (Å²) in [5.74, 6) is 0.417. The third-order valence-corrected chi connectivity index (χ3v) is 4.68.